The molecule has 0 aliphatic heterocycles. The Labute approximate surface area is 74.1 Å². The van der Waals surface area contributed by atoms with Gasteiger partial charge in [0.05, 0.1) is 0 Å². The molecule has 0 aromatic rings. The lowest BCUT2D eigenvalue weighted by molar-refractivity contribution is 0.258. The van der Waals surface area contributed by atoms with Gasteiger partial charge in [-0.2, -0.15) is 11.8 Å². The minimum absolute atomic E-state index is 0.183. The molecular formula is C9H19NS. The van der Waals surface area contributed by atoms with Gasteiger partial charge in [0.25, 0.3) is 0 Å². The fourth-order valence-electron chi connectivity index (χ4n) is 1.42. The van der Waals surface area contributed by atoms with Crippen LogP contribution in [0.5, 0.6) is 0 Å². The van der Waals surface area contributed by atoms with Crippen LogP contribution in [0.3, 0.4) is 0 Å². The zero-order valence-electron chi connectivity index (χ0n) is 7.81. The van der Waals surface area contributed by atoms with Crippen molar-refractivity contribution < 1.29 is 0 Å². The average molecular weight is 173 g/mol. The molecule has 66 valence electrons. The molecule has 0 aromatic carbocycles. The van der Waals surface area contributed by atoms with Gasteiger partial charge in [0.15, 0.2) is 0 Å². The molecule has 0 bridgehead atoms. The largest absolute Gasteiger partial charge is 0.325 e. The monoisotopic (exact) mass is 173 g/mol. The maximum atomic E-state index is 6.16. The van der Waals surface area contributed by atoms with Gasteiger partial charge in [-0.25, -0.2) is 0 Å². The molecule has 0 amide bonds. The molecule has 1 fully saturated rings. The zero-order chi connectivity index (χ0) is 8.54. The molecule has 11 heavy (non-hydrogen) atoms. The summed E-state index contributed by atoms with van der Waals surface area (Å²) in [6.07, 6.45) is 5.87. The first-order valence-corrected chi connectivity index (χ1v) is 5.69. The van der Waals surface area contributed by atoms with Gasteiger partial charge in [0.2, 0.25) is 0 Å². The van der Waals surface area contributed by atoms with E-state index in [0.29, 0.717) is 5.41 Å². The molecule has 0 unspecified atom stereocenters. The molecule has 2 N–H and O–H groups in total. The summed E-state index contributed by atoms with van der Waals surface area (Å²) in [6, 6.07) is 0. The van der Waals surface area contributed by atoms with Crippen LogP contribution < -0.4 is 5.73 Å². The minimum atomic E-state index is 0.183. The SMILES string of the molecule is CSCCC(C)(C)C1(N)CC1. The van der Waals surface area contributed by atoms with Crippen molar-refractivity contribution in [2.75, 3.05) is 12.0 Å². The zero-order valence-corrected chi connectivity index (χ0v) is 8.63. The molecule has 0 radical (unpaired) electrons. The molecule has 0 spiro atoms. The maximum absolute atomic E-state index is 6.16. The van der Waals surface area contributed by atoms with E-state index in [1.807, 2.05) is 11.8 Å². The molecule has 1 rings (SSSR count). The van der Waals surface area contributed by atoms with Crippen LogP contribution in [0.4, 0.5) is 0 Å². The standard InChI is InChI=1S/C9H19NS/c1-8(2,6-7-11-3)9(10)4-5-9/h4-7,10H2,1-3H3. The van der Waals surface area contributed by atoms with Gasteiger partial charge in [0, 0.05) is 5.54 Å². The summed E-state index contributed by atoms with van der Waals surface area (Å²) in [5, 5.41) is 0. The minimum Gasteiger partial charge on any atom is -0.325 e. The number of nitrogens with two attached hydrogens (primary N) is 1. The fourth-order valence-corrected chi connectivity index (χ4v) is 2.13. The third kappa shape index (κ3) is 1.91. The van der Waals surface area contributed by atoms with Crippen molar-refractivity contribution in [1.82, 2.24) is 0 Å². The Morgan fingerprint density at radius 2 is 2.00 bits per heavy atom. The molecule has 1 aliphatic rings. The predicted octanol–water partition coefficient (Wildman–Crippen LogP) is 2.26. The smallest absolute Gasteiger partial charge is 0.0207 e. The highest BCUT2D eigenvalue weighted by atomic mass is 32.2. The Hall–Kier alpha value is 0.310. The molecule has 2 heteroatoms. The Morgan fingerprint density at radius 3 is 2.36 bits per heavy atom. The van der Waals surface area contributed by atoms with E-state index in [4.69, 9.17) is 5.73 Å². The highest BCUT2D eigenvalue weighted by molar-refractivity contribution is 7.98. The highest BCUT2D eigenvalue weighted by Crippen LogP contribution is 2.49. The summed E-state index contributed by atoms with van der Waals surface area (Å²) < 4.78 is 0. The van der Waals surface area contributed by atoms with Crippen LogP contribution in [0, 0.1) is 5.41 Å². The van der Waals surface area contributed by atoms with Crippen molar-refractivity contribution in [3.8, 4) is 0 Å². The van der Waals surface area contributed by atoms with Crippen LogP contribution >= 0.6 is 11.8 Å². The molecule has 1 saturated carbocycles. The number of hydrogen-bond acceptors (Lipinski definition) is 2. The number of thioether (sulfide) groups is 1. The van der Waals surface area contributed by atoms with Crippen LogP contribution in [0.25, 0.3) is 0 Å². The van der Waals surface area contributed by atoms with Crippen LogP contribution in [0.1, 0.15) is 33.1 Å². The Kier molecular flexibility index (Phi) is 2.55. The molecule has 0 heterocycles. The second kappa shape index (κ2) is 2.98. The van der Waals surface area contributed by atoms with E-state index in [-0.39, 0.29) is 5.54 Å². The number of hydrogen-bond donors (Lipinski definition) is 1. The molecule has 0 saturated heterocycles. The van der Waals surface area contributed by atoms with Gasteiger partial charge in [-0.15, -0.1) is 0 Å². The van der Waals surface area contributed by atoms with Crippen molar-refractivity contribution >= 4 is 11.8 Å². The fraction of sp³-hybridized carbons (Fsp3) is 1.00. The first-order valence-electron chi connectivity index (χ1n) is 4.30. The van der Waals surface area contributed by atoms with Gasteiger partial charge in [-0.1, -0.05) is 13.8 Å². The topological polar surface area (TPSA) is 26.0 Å². The van der Waals surface area contributed by atoms with Crippen molar-refractivity contribution in [3.63, 3.8) is 0 Å². The van der Waals surface area contributed by atoms with Crippen LogP contribution in [-0.2, 0) is 0 Å². The van der Waals surface area contributed by atoms with E-state index in [1.54, 1.807) is 0 Å². The summed E-state index contributed by atoms with van der Waals surface area (Å²) >= 11 is 1.92. The van der Waals surface area contributed by atoms with Crippen LogP contribution in [0.2, 0.25) is 0 Å². The van der Waals surface area contributed by atoms with Crippen molar-refractivity contribution in [1.29, 1.82) is 0 Å². The van der Waals surface area contributed by atoms with Crippen molar-refractivity contribution in [3.05, 3.63) is 0 Å². The number of rotatable bonds is 4. The Bertz CT molecular complexity index is 138. The summed E-state index contributed by atoms with van der Waals surface area (Å²) in [5.74, 6) is 1.24. The van der Waals surface area contributed by atoms with E-state index < -0.39 is 0 Å². The lowest BCUT2D eigenvalue weighted by atomic mass is 9.80. The normalized spacial score (nSPS) is 21.8. The average Bonchev–Trinajstić information content (AvgIpc) is 2.65. The first kappa shape index (κ1) is 9.40. The van der Waals surface area contributed by atoms with Gasteiger partial charge < -0.3 is 5.73 Å². The van der Waals surface area contributed by atoms with Crippen molar-refractivity contribution in [2.45, 2.75) is 38.6 Å². The van der Waals surface area contributed by atoms with E-state index in [2.05, 4.69) is 20.1 Å². The third-order valence-corrected chi connectivity index (χ3v) is 3.68. The van der Waals surface area contributed by atoms with E-state index in [1.165, 1.54) is 25.0 Å². The summed E-state index contributed by atoms with van der Waals surface area (Å²) in [4.78, 5) is 0. The van der Waals surface area contributed by atoms with Crippen LogP contribution in [-0.4, -0.2) is 17.5 Å². The lowest BCUT2D eigenvalue weighted by Crippen LogP contribution is -2.40. The second-order valence-corrected chi connectivity index (χ2v) is 5.27. The van der Waals surface area contributed by atoms with Gasteiger partial charge in [0.1, 0.15) is 0 Å². The highest BCUT2D eigenvalue weighted by Gasteiger charge is 2.50. The first-order chi connectivity index (χ1) is 5.02. The summed E-state index contributed by atoms with van der Waals surface area (Å²) in [5.41, 5.74) is 6.70. The Morgan fingerprint density at radius 1 is 1.45 bits per heavy atom. The maximum Gasteiger partial charge on any atom is 0.0207 e. The summed E-state index contributed by atoms with van der Waals surface area (Å²) in [7, 11) is 0. The molecule has 1 nitrogen and oxygen atoms in total. The quantitative estimate of drug-likeness (QED) is 0.705. The molecule has 1 aliphatic carbocycles. The lowest BCUT2D eigenvalue weighted by Gasteiger charge is -2.31. The van der Waals surface area contributed by atoms with Crippen molar-refractivity contribution in [2.24, 2.45) is 11.1 Å². The molecule has 0 aromatic heterocycles. The molecule has 0 atom stereocenters. The summed E-state index contributed by atoms with van der Waals surface area (Å²) in [6.45, 7) is 4.60. The van der Waals surface area contributed by atoms with E-state index >= 15 is 0 Å². The van der Waals surface area contributed by atoms with Gasteiger partial charge >= 0.3 is 0 Å². The van der Waals surface area contributed by atoms with E-state index in [0.717, 1.165) is 0 Å². The second-order valence-electron chi connectivity index (χ2n) is 4.28. The third-order valence-electron chi connectivity index (χ3n) is 3.07. The van der Waals surface area contributed by atoms with Gasteiger partial charge in [-0.3, -0.25) is 0 Å². The van der Waals surface area contributed by atoms with Gasteiger partial charge in [-0.05, 0) is 36.7 Å². The van der Waals surface area contributed by atoms with E-state index in [9.17, 15) is 0 Å². The van der Waals surface area contributed by atoms with Crippen LogP contribution in [0.15, 0.2) is 0 Å². The molecular weight excluding hydrogens is 154 g/mol. The predicted molar refractivity (Wildman–Crippen MR) is 52.9 cm³/mol. The Balaban J connectivity index is 2.39.